The van der Waals surface area contributed by atoms with Gasteiger partial charge in [0.15, 0.2) is 0 Å². The molecule has 4 nitrogen and oxygen atoms in total. The first kappa shape index (κ1) is 86.0. The minimum absolute atomic E-state index is 0.497. The standard InChI is InChI=1S/C48H32.C26H17Br.C22H17BO2.C16H13BO2.C10H6Br2/c1-2-6-33(7-3-1)40-20-24-46-30-42(21-25-45(46)29-40)37-14-16-38(17-15-37)44-23-27-47-31-43(22-26-48(47)32-44)36-12-10-35(11-13-36)41-19-18-34-8-4-5-9-39(34)28-41;27-26-14-13-24-16-23(11-12-25(24)17-26)20-7-5-19(6-8-20)22-10-9-18-3-1-2-4-21(18)15-22;24-23(25)22-12-10-17(11-13-22)19-7-9-20-14-18(6-8-21(20)15-19)16-4-2-1-3-5-16;18-17(19)16-9-7-13(8-10-16)15-6-5-12-3-1-2-4-14(12)11-15;11-9-3-1-7-5-10(12)4-2-8(7)6-9/h1-32H;1-17H;1-15,24-25H;1-11,18-19H;1-6H. The maximum atomic E-state index is 9.20. The Morgan fingerprint density at radius 1 is 0.115 bits per heavy atom. The van der Waals surface area contributed by atoms with Gasteiger partial charge < -0.3 is 20.1 Å². The van der Waals surface area contributed by atoms with Crippen LogP contribution in [0.2, 0.25) is 0 Å². The van der Waals surface area contributed by atoms with Crippen LogP contribution in [-0.4, -0.2) is 34.3 Å². The molecule has 0 fully saturated rings. The Morgan fingerprint density at radius 2 is 0.244 bits per heavy atom. The zero-order chi connectivity index (χ0) is 89.1. The van der Waals surface area contributed by atoms with E-state index in [2.05, 4.69) is 472 Å². The molecule has 0 saturated carbocycles. The fraction of sp³-hybridized carbons (Fsp3) is 0. The van der Waals surface area contributed by atoms with Crippen molar-refractivity contribution in [3.8, 4) is 111 Å². The van der Waals surface area contributed by atoms with Crippen molar-refractivity contribution in [1.82, 2.24) is 0 Å². The van der Waals surface area contributed by atoms with Crippen molar-refractivity contribution < 1.29 is 20.1 Å². The molecule has 624 valence electrons. The van der Waals surface area contributed by atoms with Gasteiger partial charge in [-0.1, -0.05) is 442 Å². The number of hydrogen-bond acceptors (Lipinski definition) is 4. The highest BCUT2D eigenvalue weighted by Gasteiger charge is 2.15. The lowest BCUT2D eigenvalue weighted by Gasteiger charge is -2.10. The smallest absolute Gasteiger partial charge is 0.423 e. The number of rotatable bonds is 12. The van der Waals surface area contributed by atoms with Gasteiger partial charge in [-0.2, -0.15) is 0 Å². The third-order valence-corrected chi connectivity index (χ3v) is 25.8. The molecule has 0 bridgehead atoms. The topological polar surface area (TPSA) is 80.9 Å². The maximum Gasteiger partial charge on any atom is 0.488 e. The molecular formula is C122H85B2Br3O4. The van der Waals surface area contributed by atoms with Crippen molar-refractivity contribution in [3.63, 3.8) is 0 Å². The summed E-state index contributed by atoms with van der Waals surface area (Å²) >= 11 is 10.4. The fourth-order valence-electron chi connectivity index (χ4n) is 17.0. The third kappa shape index (κ3) is 20.5. The molecule has 0 saturated heterocycles. The number of benzene rings is 23. The van der Waals surface area contributed by atoms with Crippen molar-refractivity contribution in [2.45, 2.75) is 0 Å². The van der Waals surface area contributed by atoms with E-state index >= 15 is 0 Å². The Kier molecular flexibility index (Phi) is 26.0. The zero-order valence-corrected chi connectivity index (χ0v) is 76.1. The first-order chi connectivity index (χ1) is 64.2. The van der Waals surface area contributed by atoms with Gasteiger partial charge in [0, 0.05) is 13.4 Å². The maximum absolute atomic E-state index is 9.20. The second-order valence-corrected chi connectivity index (χ2v) is 35.6. The molecule has 0 unspecified atom stereocenters. The van der Waals surface area contributed by atoms with E-state index in [0.29, 0.717) is 10.9 Å². The van der Waals surface area contributed by atoms with Crippen LogP contribution in [0.5, 0.6) is 0 Å². The zero-order valence-electron chi connectivity index (χ0n) is 71.3. The normalized spacial score (nSPS) is 11.0. The van der Waals surface area contributed by atoms with Crippen molar-refractivity contribution in [3.05, 3.63) is 505 Å². The quantitative estimate of drug-likeness (QED) is 0.0919. The van der Waals surface area contributed by atoms with E-state index in [1.54, 1.807) is 24.3 Å². The van der Waals surface area contributed by atoms with Gasteiger partial charge in [-0.25, -0.2) is 0 Å². The molecular weight excluding hydrogens is 1790 g/mol. The Hall–Kier alpha value is -14.5. The van der Waals surface area contributed by atoms with Gasteiger partial charge in [-0.3, -0.25) is 0 Å². The molecule has 4 N–H and O–H groups in total. The molecule has 23 rings (SSSR count). The Labute approximate surface area is 788 Å². The molecule has 0 aliphatic rings. The average Bonchev–Trinajstić information content (AvgIpc) is 0.788. The van der Waals surface area contributed by atoms with Gasteiger partial charge in [0.25, 0.3) is 0 Å². The minimum atomic E-state index is -1.43. The van der Waals surface area contributed by atoms with Crippen LogP contribution in [0.1, 0.15) is 0 Å². The summed E-state index contributed by atoms with van der Waals surface area (Å²) in [5, 5.41) is 56.5. The molecule has 0 aliphatic carbocycles. The van der Waals surface area contributed by atoms with Gasteiger partial charge in [0.1, 0.15) is 0 Å². The summed E-state index contributed by atoms with van der Waals surface area (Å²) in [6, 6.07) is 173. The SMILES string of the molecule is Brc1ccc2cc(-c3ccc(-c4ccc5ccccc5c4)cc3)ccc2c1.Brc1ccc2cc(Br)ccc2c1.OB(O)c1ccc(-c2ccc3cc(-c4ccccc4)ccc3c2)cc1.OB(O)c1ccc(-c2ccc3ccccc3c2)cc1.c1ccc(-c2ccc3cc(-c4ccc(-c5ccc6cc(-c7ccc(-c8ccc9ccccc9c8)cc7)ccc6c5)cc4)ccc3c2)cc1. The van der Waals surface area contributed by atoms with Crippen LogP contribution in [0.25, 0.3) is 197 Å². The summed E-state index contributed by atoms with van der Waals surface area (Å²) in [7, 11) is -2.84. The largest absolute Gasteiger partial charge is 0.488 e. The van der Waals surface area contributed by atoms with Crippen LogP contribution in [0.4, 0.5) is 0 Å². The number of hydrogen-bond donors (Lipinski definition) is 4. The van der Waals surface area contributed by atoms with E-state index in [-0.39, 0.29) is 0 Å². The van der Waals surface area contributed by atoms with E-state index in [1.165, 1.54) is 175 Å². The molecule has 23 aromatic rings. The van der Waals surface area contributed by atoms with Crippen molar-refractivity contribution >= 4 is 159 Å². The Morgan fingerprint density at radius 3 is 0.435 bits per heavy atom. The summed E-state index contributed by atoms with van der Waals surface area (Å²) in [4.78, 5) is 0. The molecule has 0 aliphatic heterocycles. The van der Waals surface area contributed by atoms with Gasteiger partial charge in [-0.15, -0.1) is 0 Å². The minimum Gasteiger partial charge on any atom is -0.423 e. The van der Waals surface area contributed by atoms with Crippen molar-refractivity contribution in [1.29, 1.82) is 0 Å². The van der Waals surface area contributed by atoms with E-state index in [1.807, 2.05) is 42.5 Å². The van der Waals surface area contributed by atoms with Crippen LogP contribution in [0, 0.1) is 0 Å². The lowest BCUT2D eigenvalue weighted by molar-refractivity contribution is 0.424. The fourth-order valence-corrected chi connectivity index (χ4v) is 18.2. The highest BCUT2D eigenvalue weighted by Crippen LogP contribution is 2.38. The second kappa shape index (κ2) is 39.7. The van der Waals surface area contributed by atoms with Gasteiger partial charge in [0.05, 0.1) is 0 Å². The average molecular weight is 1880 g/mol. The highest BCUT2D eigenvalue weighted by molar-refractivity contribution is 9.11. The summed E-state index contributed by atoms with van der Waals surface area (Å²) in [5.41, 5.74) is 25.1. The number of fused-ring (bicyclic) bond motifs is 8. The van der Waals surface area contributed by atoms with Crippen LogP contribution in [0.15, 0.2) is 505 Å². The van der Waals surface area contributed by atoms with E-state index in [0.717, 1.165) is 35.7 Å². The van der Waals surface area contributed by atoms with Gasteiger partial charge in [0.2, 0.25) is 0 Å². The van der Waals surface area contributed by atoms with Crippen LogP contribution >= 0.6 is 47.8 Å². The van der Waals surface area contributed by atoms with Gasteiger partial charge >= 0.3 is 14.2 Å². The molecule has 0 spiro atoms. The Bertz CT molecular complexity index is 7990. The molecule has 23 aromatic carbocycles. The molecule has 0 atom stereocenters. The lowest BCUT2D eigenvalue weighted by atomic mass is 9.80. The summed E-state index contributed by atoms with van der Waals surface area (Å²) < 4.78 is 3.36. The lowest BCUT2D eigenvalue weighted by Crippen LogP contribution is -2.29. The monoisotopic (exact) mass is 1870 g/mol. The molecule has 0 radical (unpaired) electrons. The van der Waals surface area contributed by atoms with E-state index in [9.17, 15) is 10.0 Å². The first-order valence-corrected chi connectivity index (χ1v) is 46.1. The molecule has 0 aromatic heterocycles. The van der Waals surface area contributed by atoms with Gasteiger partial charge in [-0.05, 0) is 305 Å². The number of halogens is 3. The van der Waals surface area contributed by atoms with Crippen molar-refractivity contribution in [2.75, 3.05) is 0 Å². The van der Waals surface area contributed by atoms with E-state index < -0.39 is 14.2 Å². The summed E-state index contributed by atoms with van der Waals surface area (Å²) in [6.07, 6.45) is 0. The molecule has 9 heteroatoms. The molecule has 0 heterocycles. The van der Waals surface area contributed by atoms with Crippen molar-refractivity contribution in [2.24, 2.45) is 0 Å². The van der Waals surface area contributed by atoms with E-state index in [4.69, 9.17) is 10.0 Å². The second-order valence-electron chi connectivity index (χ2n) is 32.8. The van der Waals surface area contributed by atoms with Crippen LogP contribution in [0.3, 0.4) is 0 Å². The Balaban J connectivity index is 0.000000114. The highest BCUT2D eigenvalue weighted by atomic mass is 79.9. The third-order valence-electron chi connectivity index (χ3n) is 24.3. The molecule has 0 amide bonds. The first-order valence-electron chi connectivity index (χ1n) is 43.7. The van der Waals surface area contributed by atoms with Crippen LogP contribution < -0.4 is 10.9 Å². The predicted molar refractivity (Wildman–Crippen MR) is 569 cm³/mol. The van der Waals surface area contributed by atoms with Crippen LogP contribution in [-0.2, 0) is 0 Å². The summed E-state index contributed by atoms with van der Waals surface area (Å²) in [5.74, 6) is 0. The predicted octanol–water partition coefficient (Wildman–Crippen LogP) is 32.0. The summed E-state index contributed by atoms with van der Waals surface area (Å²) in [6.45, 7) is 0. The molecule has 131 heavy (non-hydrogen) atoms.